The zero-order valence-corrected chi connectivity index (χ0v) is 15.1. The highest BCUT2D eigenvalue weighted by Crippen LogP contribution is 2.04. The first kappa shape index (κ1) is 18.9. The van der Waals surface area contributed by atoms with E-state index in [2.05, 4.69) is 10.6 Å². The summed E-state index contributed by atoms with van der Waals surface area (Å²) in [6, 6.07) is 8.72. The smallest absolute Gasteiger partial charge is 0.322 e. The van der Waals surface area contributed by atoms with Crippen molar-refractivity contribution in [2.24, 2.45) is 0 Å². The van der Waals surface area contributed by atoms with Crippen molar-refractivity contribution in [3.63, 3.8) is 0 Å². The lowest BCUT2D eigenvalue weighted by atomic mass is 10.1. The van der Waals surface area contributed by atoms with E-state index in [9.17, 15) is 14.4 Å². The van der Waals surface area contributed by atoms with Crippen LogP contribution in [-0.4, -0.2) is 61.0 Å². The van der Waals surface area contributed by atoms with Gasteiger partial charge < -0.3 is 15.1 Å². The lowest BCUT2D eigenvalue weighted by Crippen LogP contribution is -3.16. The van der Waals surface area contributed by atoms with Crippen LogP contribution >= 0.6 is 0 Å². The number of carbonyl (C=O) groups is 3. The van der Waals surface area contributed by atoms with Crippen LogP contribution in [0.25, 0.3) is 0 Å². The minimum Gasteiger partial charge on any atom is -0.333 e. The molecule has 0 aromatic heterocycles. The van der Waals surface area contributed by atoms with Gasteiger partial charge >= 0.3 is 6.03 Å². The second-order valence-electron chi connectivity index (χ2n) is 7.34. The number of carbonyl (C=O) groups excluding carboxylic acids is 3. The molecule has 0 aliphatic carbocycles. The fraction of sp³-hybridized carbons (Fsp3) is 0.500. The quantitative estimate of drug-likeness (QED) is 0.699. The van der Waals surface area contributed by atoms with Crippen LogP contribution in [0.4, 0.5) is 4.79 Å². The molecule has 25 heavy (non-hydrogen) atoms. The van der Waals surface area contributed by atoms with Crippen LogP contribution in [0.5, 0.6) is 0 Å². The number of imide groups is 1. The monoisotopic (exact) mass is 347 g/mol. The highest BCUT2D eigenvalue weighted by molar-refractivity contribution is 5.95. The van der Waals surface area contributed by atoms with Gasteiger partial charge in [-0.2, -0.15) is 0 Å². The predicted octanol–water partition coefficient (Wildman–Crippen LogP) is -0.348. The Labute approximate surface area is 148 Å². The van der Waals surface area contributed by atoms with Gasteiger partial charge in [0.05, 0.1) is 26.2 Å². The minimum atomic E-state index is -0.477. The Bertz CT molecular complexity index is 617. The van der Waals surface area contributed by atoms with Crippen molar-refractivity contribution >= 4 is 17.8 Å². The van der Waals surface area contributed by atoms with Gasteiger partial charge in [-0.3, -0.25) is 14.9 Å². The molecular weight excluding hydrogens is 320 g/mol. The SMILES string of the molecule is CC(C)(C)NC(=O)NC(=O)C[NH+]1CCN(C(=O)c2ccccc2)CC1. The van der Waals surface area contributed by atoms with Crippen molar-refractivity contribution in [3.8, 4) is 0 Å². The normalized spacial score (nSPS) is 15.6. The largest absolute Gasteiger partial charge is 0.333 e. The Morgan fingerprint density at radius 3 is 2.24 bits per heavy atom. The number of hydrogen-bond acceptors (Lipinski definition) is 3. The molecule has 0 radical (unpaired) electrons. The zero-order chi connectivity index (χ0) is 18.4. The molecule has 1 aromatic carbocycles. The summed E-state index contributed by atoms with van der Waals surface area (Å²) in [5, 5.41) is 5.05. The molecule has 4 amide bonds. The summed E-state index contributed by atoms with van der Waals surface area (Å²) in [7, 11) is 0. The van der Waals surface area contributed by atoms with Gasteiger partial charge in [-0.1, -0.05) is 18.2 Å². The molecule has 1 heterocycles. The molecule has 0 bridgehead atoms. The number of nitrogens with one attached hydrogen (secondary N) is 3. The first-order valence-corrected chi connectivity index (χ1v) is 8.54. The van der Waals surface area contributed by atoms with Crippen molar-refractivity contribution in [1.82, 2.24) is 15.5 Å². The van der Waals surface area contributed by atoms with Crippen molar-refractivity contribution < 1.29 is 19.3 Å². The summed E-state index contributed by atoms with van der Waals surface area (Å²) in [5.41, 5.74) is 0.295. The maximum atomic E-state index is 12.4. The van der Waals surface area contributed by atoms with E-state index in [0.29, 0.717) is 31.7 Å². The van der Waals surface area contributed by atoms with E-state index in [1.807, 2.05) is 56.0 Å². The Kier molecular flexibility index (Phi) is 6.14. The van der Waals surface area contributed by atoms with Gasteiger partial charge in [-0.05, 0) is 32.9 Å². The molecule has 1 aliphatic heterocycles. The van der Waals surface area contributed by atoms with Gasteiger partial charge in [-0.25, -0.2) is 4.79 Å². The zero-order valence-electron chi connectivity index (χ0n) is 15.1. The van der Waals surface area contributed by atoms with Crippen molar-refractivity contribution in [2.75, 3.05) is 32.7 Å². The topological polar surface area (TPSA) is 82.9 Å². The lowest BCUT2D eigenvalue weighted by Gasteiger charge is -2.32. The summed E-state index contributed by atoms with van der Waals surface area (Å²) in [5.74, 6) is -0.284. The maximum Gasteiger partial charge on any atom is 0.322 e. The molecule has 1 fully saturated rings. The molecule has 7 nitrogen and oxygen atoms in total. The summed E-state index contributed by atoms with van der Waals surface area (Å²) < 4.78 is 0. The molecule has 7 heteroatoms. The van der Waals surface area contributed by atoms with E-state index in [1.165, 1.54) is 0 Å². The number of piperazine rings is 1. The highest BCUT2D eigenvalue weighted by atomic mass is 16.2. The fourth-order valence-electron chi connectivity index (χ4n) is 2.74. The van der Waals surface area contributed by atoms with Gasteiger partial charge in [0.1, 0.15) is 0 Å². The second-order valence-corrected chi connectivity index (χ2v) is 7.34. The molecule has 3 N–H and O–H groups in total. The fourth-order valence-corrected chi connectivity index (χ4v) is 2.74. The molecular formula is C18H27N4O3+. The standard InChI is InChI=1S/C18H26N4O3/c1-18(2,3)20-17(25)19-15(23)13-21-9-11-22(12-10-21)16(24)14-7-5-4-6-8-14/h4-8H,9-13H2,1-3H3,(H2,19,20,23,25)/p+1. The van der Waals surface area contributed by atoms with Crippen LogP contribution in [0.1, 0.15) is 31.1 Å². The number of nitrogens with zero attached hydrogens (tertiary/aromatic N) is 1. The molecule has 1 saturated heterocycles. The summed E-state index contributed by atoms with van der Waals surface area (Å²) >= 11 is 0. The first-order valence-electron chi connectivity index (χ1n) is 8.54. The third kappa shape index (κ3) is 6.19. The summed E-state index contributed by atoms with van der Waals surface area (Å²) in [4.78, 5) is 38.9. The molecule has 0 spiro atoms. The average Bonchev–Trinajstić information content (AvgIpc) is 2.53. The minimum absolute atomic E-state index is 0.0219. The number of quaternary nitrogens is 1. The van der Waals surface area contributed by atoms with E-state index >= 15 is 0 Å². The van der Waals surface area contributed by atoms with Crippen molar-refractivity contribution in [1.29, 1.82) is 0 Å². The van der Waals surface area contributed by atoms with Crippen LogP contribution in [0.15, 0.2) is 30.3 Å². The summed E-state index contributed by atoms with van der Waals surface area (Å²) in [6.07, 6.45) is 0. The van der Waals surface area contributed by atoms with Crippen LogP contribution in [0.3, 0.4) is 0 Å². The Morgan fingerprint density at radius 2 is 1.68 bits per heavy atom. The maximum absolute atomic E-state index is 12.4. The highest BCUT2D eigenvalue weighted by Gasteiger charge is 2.26. The third-order valence-corrected chi connectivity index (χ3v) is 3.93. The van der Waals surface area contributed by atoms with E-state index in [1.54, 1.807) is 0 Å². The van der Waals surface area contributed by atoms with Crippen molar-refractivity contribution in [2.45, 2.75) is 26.3 Å². The lowest BCUT2D eigenvalue weighted by molar-refractivity contribution is -0.895. The van der Waals surface area contributed by atoms with E-state index in [0.717, 1.165) is 4.90 Å². The molecule has 0 atom stereocenters. The van der Waals surface area contributed by atoms with Crippen LogP contribution < -0.4 is 15.5 Å². The third-order valence-electron chi connectivity index (χ3n) is 3.93. The molecule has 1 aromatic rings. The molecule has 136 valence electrons. The van der Waals surface area contributed by atoms with Crippen LogP contribution in [0.2, 0.25) is 0 Å². The molecule has 0 saturated carbocycles. The molecule has 1 aliphatic rings. The molecule has 0 unspecified atom stereocenters. The van der Waals surface area contributed by atoms with Crippen LogP contribution in [0, 0.1) is 0 Å². The van der Waals surface area contributed by atoms with Gasteiger partial charge in [0.25, 0.3) is 11.8 Å². The summed E-state index contributed by atoms with van der Waals surface area (Å²) in [6.45, 7) is 8.36. The second kappa shape index (κ2) is 8.11. The van der Waals surface area contributed by atoms with E-state index in [-0.39, 0.29) is 23.9 Å². The first-order chi connectivity index (χ1) is 11.7. The number of rotatable bonds is 3. The Hall–Kier alpha value is -2.41. The molecule has 2 rings (SSSR count). The van der Waals surface area contributed by atoms with Gasteiger partial charge in [-0.15, -0.1) is 0 Å². The van der Waals surface area contributed by atoms with Crippen LogP contribution in [-0.2, 0) is 4.79 Å². The van der Waals surface area contributed by atoms with E-state index in [4.69, 9.17) is 0 Å². The van der Waals surface area contributed by atoms with Gasteiger partial charge in [0.15, 0.2) is 6.54 Å². The Balaban J connectivity index is 1.76. The number of urea groups is 1. The van der Waals surface area contributed by atoms with Crippen molar-refractivity contribution in [3.05, 3.63) is 35.9 Å². The number of amides is 4. The van der Waals surface area contributed by atoms with E-state index < -0.39 is 6.03 Å². The average molecular weight is 347 g/mol. The van der Waals surface area contributed by atoms with Gasteiger partial charge in [0, 0.05) is 11.1 Å². The predicted molar refractivity (Wildman–Crippen MR) is 94.3 cm³/mol. The number of hydrogen-bond donors (Lipinski definition) is 3. The van der Waals surface area contributed by atoms with Gasteiger partial charge in [0.2, 0.25) is 0 Å². The Morgan fingerprint density at radius 1 is 1.08 bits per heavy atom. The number of benzene rings is 1.